The summed E-state index contributed by atoms with van der Waals surface area (Å²) in [5.41, 5.74) is 3.48. The van der Waals surface area contributed by atoms with Gasteiger partial charge in [-0.15, -0.1) is 0 Å². The molecule has 25 heavy (non-hydrogen) atoms. The van der Waals surface area contributed by atoms with Crippen molar-refractivity contribution in [1.82, 2.24) is 9.97 Å². The van der Waals surface area contributed by atoms with Crippen LogP contribution in [0.5, 0.6) is 0 Å². The predicted octanol–water partition coefficient (Wildman–Crippen LogP) is 3.47. The van der Waals surface area contributed by atoms with Crippen LogP contribution in [-0.4, -0.2) is 9.97 Å². The Morgan fingerprint density at radius 1 is 1.24 bits per heavy atom. The lowest BCUT2D eigenvalue weighted by Crippen LogP contribution is -2.14. The number of halogens is 2. The number of benzene rings is 1. The summed E-state index contributed by atoms with van der Waals surface area (Å²) in [5, 5.41) is 9.46. The van der Waals surface area contributed by atoms with Gasteiger partial charge in [0.25, 0.3) is 5.56 Å². The Kier molecular flexibility index (Phi) is 3.25. The molecular formula is C19H11F2N3O. The van der Waals surface area contributed by atoms with Crippen LogP contribution in [0.2, 0.25) is 0 Å². The molecule has 2 heterocycles. The highest BCUT2D eigenvalue weighted by atomic mass is 19.2. The van der Waals surface area contributed by atoms with E-state index in [1.165, 1.54) is 0 Å². The number of aromatic amines is 1. The number of H-pyrrole nitrogens is 1. The maximum atomic E-state index is 13.7. The molecular weight excluding hydrogens is 324 g/mol. The molecule has 1 aromatic carbocycles. The van der Waals surface area contributed by atoms with Crippen LogP contribution in [0.4, 0.5) is 8.78 Å². The number of nitrogens with one attached hydrogen (secondary N) is 1. The van der Waals surface area contributed by atoms with Crippen molar-refractivity contribution in [2.45, 2.75) is 13.3 Å². The maximum absolute atomic E-state index is 13.7. The third-order valence-electron chi connectivity index (χ3n) is 4.40. The van der Waals surface area contributed by atoms with Gasteiger partial charge in [0.15, 0.2) is 11.6 Å². The van der Waals surface area contributed by atoms with Gasteiger partial charge in [-0.05, 0) is 47.9 Å². The van der Waals surface area contributed by atoms with Crippen molar-refractivity contribution < 1.29 is 8.78 Å². The Bertz CT molecular complexity index is 1140. The maximum Gasteiger partial charge on any atom is 0.266 e. The topological polar surface area (TPSA) is 69.5 Å². The molecule has 0 spiro atoms. The lowest BCUT2D eigenvalue weighted by molar-refractivity contribution is 0.508. The van der Waals surface area contributed by atoms with Gasteiger partial charge in [-0.1, -0.05) is 0 Å². The largest absolute Gasteiger partial charge is 0.320 e. The van der Waals surface area contributed by atoms with E-state index < -0.39 is 17.2 Å². The number of fused-ring (bicyclic) bond motifs is 3. The van der Waals surface area contributed by atoms with Crippen molar-refractivity contribution >= 4 is 0 Å². The molecule has 4 nitrogen and oxygen atoms in total. The number of rotatable bonds is 1. The Hall–Kier alpha value is -3.33. The molecule has 0 saturated heterocycles. The van der Waals surface area contributed by atoms with Crippen LogP contribution in [-0.2, 0) is 6.42 Å². The van der Waals surface area contributed by atoms with Crippen LogP contribution in [0, 0.1) is 29.9 Å². The van der Waals surface area contributed by atoms with Gasteiger partial charge in [-0.2, -0.15) is 5.26 Å². The highest BCUT2D eigenvalue weighted by Crippen LogP contribution is 2.41. The molecule has 0 atom stereocenters. The summed E-state index contributed by atoms with van der Waals surface area (Å²) in [5.74, 6) is -1.91. The van der Waals surface area contributed by atoms with Crippen molar-refractivity contribution in [2.75, 3.05) is 0 Å². The SMILES string of the molecule is Cc1cc(-c2c3c([nH]c(=O)c2C#N)-c2cc(F)c(F)cc2C3)ccn1. The molecule has 0 unspecified atom stereocenters. The van der Waals surface area contributed by atoms with Gasteiger partial charge in [-0.25, -0.2) is 8.78 Å². The van der Waals surface area contributed by atoms with Gasteiger partial charge >= 0.3 is 0 Å². The summed E-state index contributed by atoms with van der Waals surface area (Å²) in [6.45, 7) is 1.81. The molecule has 0 fully saturated rings. The zero-order chi connectivity index (χ0) is 17.7. The average Bonchev–Trinajstić information content (AvgIpc) is 2.91. The van der Waals surface area contributed by atoms with Gasteiger partial charge in [0.2, 0.25) is 0 Å². The molecule has 3 aromatic rings. The molecule has 0 radical (unpaired) electrons. The minimum atomic E-state index is -0.974. The number of pyridine rings is 2. The Labute approximate surface area is 141 Å². The van der Waals surface area contributed by atoms with Crippen molar-refractivity contribution in [3.63, 3.8) is 0 Å². The smallest absolute Gasteiger partial charge is 0.266 e. The Morgan fingerprint density at radius 2 is 2.00 bits per heavy atom. The second-order valence-electron chi connectivity index (χ2n) is 5.96. The van der Waals surface area contributed by atoms with Crippen LogP contribution in [0.1, 0.15) is 22.4 Å². The van der Waals surface area contributed by atoms with Crippen molar-refractivity contribution in [3.8, 4) is 28.5 Å². The van der Waals surface area contributed by atoms with Crippen molar-refractivity contribution in [2.24, 2.45) is 0 Å². The first-order chi connectivity index (χ1) is 12.0. The summed E-state index contributed by atoms with van der Waals surface area (Å²) in [7, 11) is 0. The third kappa shape index (κ3) is 2.24. The van der Waals surface area contributed by atoms with E-state index in [2.05, 4.69) is 9.97 Å². The zero-order valence-electron chi connectivity index (χ0n) is 13.2. The van der Waals surface area contributed by atoms with Gasteiger partial charge in [0.1, 0.15) is 11.6 Å². The molecule has 122 valence electrons. The Balaban J connectivity index is 2.08. The lowest BCUT2D eigenvalue weighted by atomic mass is 9.95. The molecule has 0 amide bonds. The summed E-state index contributed by atoms with van der Waals surface area (Å²) < 4.78 is 27.3. The lowest BCUT2D eigenvalue weighted by Gasteiger charge is -2.11. The third-order valence-corrected chi connectivity index (χ3v) is 4.40. The summed E-state index contributed by atoms with van der Waals surface area (Å²) in [4.78, 5) is 19.2. The summed E-state index contributed by atoms with van der Waals surface area (Å²) in [6.07, 6.45) is 1.91. The molecule has 4 rings (SSSR count). The van der Waals surface area contributed by atoms with Gasteiger partial charge in [-0.3, -0.25) is 9.78 Å². The highest BCUT2D eigenvalue weighted by molar-refractivity contribution is 5.85. The minimum absolute atomic E-state index is 0.0156. The fourth-order valence-electron chi connectivity index (χ4n) is 3.33. The van der Waals surface area contributed by atoms with Crippen molar-refractivity contribution in [3.05, 3.63) is 74.8 Å². The van der Waals surface area contributed by atoms with Crippen LogP contribution in [0.25, 0.3) is 22.4 Å². The molecule has 0 saturated carbocycles. The quantitative estimate of drug-likeness (QED) is 0.579. The van der Waals surface area contributed by atoms with E-state index in [1.54, 1.807) is 18.3 Å². The molecule has 1 aliphatic rings. The Morgan fingerprint density at radius 3 is 2.72 bits per heavy atom. The molecule has 1 N–H and O–H groups in total. The van der Waals surface area contributed by atoms with Gasteiger partial charge in [0, 0.05) is 29.4 Å². The number of nitrogens with zero attached hydrogens (tertiary/aromatic N) is 2. The minimum Gasteiger partial charge on any atom is -0.320 e. The van der Waals surface area contributed by atoms with Gasteiger partial charge < -0.3 is 4.98 Å². The van der Waals surface area contributed by atoms with E-state index in [4.69, 9.17) is 0 Å². The van der Waals surface area contributed by atoms with E-state index in [0.717, 1.165) is 17.8 Å². The zero-order valence-corrected chi connectivity index (χ0v) is 13.2. The molecule has 2 aromatic heterocycles. The fraction of sp³-hybridized carbons (Fsp3) is 0.105. The van der Waals surface area contributed by atoms with E-state index in [1.807, 2.05) is 13.0 Å². The van der Waals surface area contributed by atoms with Crippen LogP contribution in [0.15, 0.2) is 35.3 Å². The first-order valence-corrected chi connectivity index (χ1v) is 7.60. The normalized spacial score (nSPS) is 11.8. The number of hydrogen-bond donors (Lipinski definition) is 1. The highest BCUT2D eigenvalue weighted by Gasteiger charge is 2.28. The standard InChI is InChI=1S/C19H11F2N3O/c1-9-4-10(2-3-23-9)17-13-5-11-6-15(20)16(21)7-12(11)18(13)24-19(25)14(17)8-22/h2-4,6-7H,5H2,1H3,(H,24,25). The number of nitriles is 1. The van der Waals surface area contributed by atoms with E-state index >= 15 is 0 Å². The second-order valence-corrected chi connectivity index (χ2v) is 5.96. The summed E-state index contributed by atoms with van der Waals surface area (Å²) in [6, 6.07) is 7.66. The number of aromatic nitrogens is 2. The van der Waals surface area contributed by atoms with Crippen molar-refractivity contribution in [1.29, 1.82) is 5.26 Å². The van der Waals surface area contributed by atoms with Crippen LogP contribution >= 0.6 is 0 Å². The van der Waals surface area contributed by atoms with E-state index in [9.17, 15) is 18.8 Å². The van der Waals surface area contributed by atoms with E-state index in [0.29, 0.717) is 39.9 Å². The summed E-state index contributed by atoms with van der Waals surface area (Å²) >= 11 is 0. The average molecular weight is 335 g/mol. The number of aryl methyl sites for hydroxylation is 1. The molecule has 1 aliphatic carbocycles. The predicted molar refractivity (Wildman–Crippen MR) is 87.9 cm³/mol. The number of hydrogen-bond acceptors (Lipinski definition) is 3. The molecule has 0 bridgehead atoms. The molecule has 0 aliphatic heterocycles. The second kappa shape index (κ2) is 5.35. The fourth-order valence-corrected chi connectivity index (χ4v) is 3.33. The first-order valence-electron chi connectivity index (χ1n) is 7.60. The van der Waals surface area contributed by atoms with Gasteiger partial charge in [0.05, 0.1) is 5.69 Å². The molecule has 6 heteroatoms. The van der Waals surface area contributed by atoms with E-state index in [-0.39, 0.29) is 5.56 Å². The monoisotopic (exact) mass is 335 g/mol. The van der Waals surface area contributed by atoms with Crippen LogP contribution in [0.3, 0.4) is 0 Å². The first kappa shape index (κ1) is 15.2. The van der Waals surface area contributed by atoms with Crippen LogP contribution < -0.4 is 5.56 Å².